The zero-order chi connectivity index (χ0) is 18.4. The van der Waals surface area contributed by atoms with Crippen molar-refractivity contribution in [2.24, 2.45) is 0 Å². The number of aromatic nitrogens is 2. The number of anilines is 1. The van der Waals surface area contributed by atoms with E-state index in [4.69, 9.17) is 11.6 Å². The smallest absolute Gasteiger partial charge is 0.226 e. The van der Waals surface area contributed by atoms with E-state index in [9.17, 15) is 13.6 Å². The molecule has 1 atom stereocenters. The van der Waals surface area contributed by atoms with Crippen molar-refractivity contribution >= 4 is 23.3 Å². The summed E-state index contributed by atoms with van der Waals surface area (Å²) in [5.41, 5.74) is 2.65. The van der Waals surface area contributed by atoms with Gasteiger partial charge in [-0.3, -0.25) is 4.79 Å². The topological polar surface area (TPSA) is 46.9 Å². The number of rotatable bonds is 2. The number of nitrogens with zero attached hydrogens (tertiary/aromatic N) is 2. The number of halogens is 3. The highest BCUT2D eigenvalue weighted by Crippen LogP contribution is 2.39. The molecule has 2 aromatic carbocycles. The van der Waals surface area contributed by atoms with Gasteiger partial charge in [-0.25, -0.2) is 13.5 Å². The van der Waals surface area contributed by atoms with Gasteiger partial charge in [-0.2, -0.15) is 5.10 Å². The normalized spacial score (nSPS) is 16.3. The fraction of sp³-hybridized carbons (Fsp3) is 0.158. The summed E-state index contributed by atoms with van der Waals surface area (Å²) < 4.78 is 28.9. The Kier molecular flexibility index (Phi) is 4.00. The number of benzene rings is 2. The molecule has 4 rings (SSSR count). The molecule has 26 heavy (non-hydrogen) atoms. The first-order valence-electron chi connectivity index (χ1n) is 8.03. The Morgan fingerprint density at radius 3 is 2.69 bits per heavy atom. The van der Waals surface area contributed by atoms with Crippen LogP contribution in [0, 0.1) is 18.6 Å². The Morgan fingerprint density at radius 2 is 1.96 bits per heavy atom. The van der Waals surface area contributed by atoms with E-state index in [1.165, 1.54) is 12.1 Å². The maximum atomic E-state index is 13.6. The first-order chi connectivity index (χ1) is 12.4. The van der Waals surface area contributed by atoms with Crippen molar-refractivity contribution in [2.45, 2.75) is 19.3 Å². The molecular formula is C19H14ClF2N3O. The molecule has 0 aliphatic carbocycles. The van der Waals surface area contributed by atoms with Crippen molar-refractivity contribution in [2.75, 3.05) is 5.32 Å². The molecule has 1 aromatic heterocycles. The fourth-order valence-electron chi connectivity index (χ4n) is 3.30. The van der Waals surface area contributed by atoms with Crippen LogP contribution in [0.3, 0.4) is 0 Å². The molecule has 0 radical (unpaired) electrons. The van der Waals surface area contributed by atoms with Gasteiger partial charge in [0.05, 0.1) is 11.9 Å². The Balaban J connectivity index is 1.86. The summed E-state index contributed by atoms with van der Waals surface area (Å²) in [6, 6.07) is 8.71. The zero-order valence-electron chi connectivity index (χ0n) is 13.8. The second-order valence-electron chi connectivity index (χ2n) is 6.25. The molecule has 132 valence electrons. The van der Waals surface area contributed by atoms with Crippen LogP contribution in [0.1, 0.15) is 29.0 Å². The van der Waals surface area contributed by atoms with E-state index in [0.717, 1.165) is 17.3 Å². The van der Waals surface area contributed by atoms with Crippen LogP contribution in [0.25, 0.3) is 5.69 Å². The Labute approximate surface area is 153 Å². The van der Waals surface area contributed by atoms with Gasteiger partial charge in [0.15, 0.2) is 0 Å². The van der Waals surface area contributed by atoms with Crippen LogP contribution in [0.2, 0.25) is 5.02 Å². The standard InChI is InChI=1S/C19H14ClF2N3O/c1-10-16(20)3-2-4-17(10)25-19-15(9-23-25)14(8-18(26)24-19)11-5-12(21)7-13(22)6-11/h2-7,9,14H,8H2,1H3,(H,24,26). The highest BCUT2D eigenvalue weighted by molar-refractivity contribution is 6.31. The van der Waals surface area contributed by atoms with E-state index in [1.807, 2.05) is 13.0 Å². The molecule has 1 aliphatic heterocycles. The summed E-state index contributed by atoms with van der Waals surface area (Å²) in [4.78, 5) is 12.2. The Morgan fingerprint density at radius 1 is 1.23 bits per heavy atom. The number of nitrogens with one attached hydrogen (secondary N) is 1. The molecule has 4 nitrogen and oxygen atoms in total. The average molecular weight is 374 g/mol. The van der Waals surface area contributed by atoms with Crippen LogP contribution in [0.5, 0.6) is 0 Å². The molecule has 0 saturated carbocycles. The van der Waals surface area contributed by atoms with Gasteiger partial charge in [-0.1, -0.05) is 17.7 Å². The maximum absolute atomic E-state index is 13.6. The Bertz CT molecular complexity index is 1010. The van der Waals surface area contributed by atoms with Gasteiger partial charge < -0.3 is 5.32 Å². The third-order valence-electron chi connectivity index (χ3n) is 4.57. The van der Waals surface area contributed by atoms with Gasteiger partial charge >= 0.3 is 0 Å². The van der Waals surface area contributed by atoms with Gasteiger partial charge in [0.2, 0.25) is 5.91 Å². The zero-order valence-corrected chi connectivity index (χ0v) is 14.5. The van der Waals surface area contributed by atoms with E-state index in [-0.39, 0.29) is 12.3 Å². The van der Waals surface area contributed by atoms with Crippen LogP contribution in [-0.2, 0) is 4.79 Å². The molecule has 1 unspecified atom stereocenters. The summed E-state index contributed by atoms with van der Waals surface area (Å²) in [7, 11) is 0. The van der Waals surface area contributed by atoms with E-state index >= 15 is 0 Å². The highest BCUT2D eigenvalue weighted by Gasteiger charge is 2.31. The second kappa shape index (κ2) is 6.21. The SMILES string of the molecule is Cc1c(Cl)cccc1-n1ncc2c1NC(=O)CC2c1cc(F)cc(F)c1. The first-order valence-corrected chi connectivity index (χ1v) is 8.41. The summed E-state index contributed by atoms with van der Waals surface area (Å²) >= 11 is 6.19. The summed E-state index contributed by atoms with van der Waals surface area (Å²) in [5.74, 6) is -1.58. The third-order valence-corrected chi connectivity index (χ3v) is 4.98. The van der Waals surface area contributed by atoms with E-state index in [2.05, 4.69) is 10.4 Å². The van der Waals surface area contributed by atoms with Crippen LogP contribution in [-0.4, -0.2) is 15.7 Å². The van der Waals surface area contributed by atoms with Crippen molar-refractivity contribution < 1.29 is 13.6 Å². The molecule has 1 aliphatic rings. The maximum Gasteiger partial charge on any atom is 0.226 e. The van der Waals surface area contributed by atoms with Crippen LogP contribution in [0.4, 0.5) is 14.6 Å². The van der Waals surface area contributed by atoms with Gasteiger partial charge in [0, 0.05) is 29.0 Å². The summed E-state index contributed by atoms with van der Waals surface area (Å²) in [6.45, 7) is 1.86. The lowest BCUT2D eigenvalue weighted by atomic mass is 9.87. The van der Waals surface area contributed by atoms with Crippen molar-refractivity contribution in [1.29, 1.82) is 0 Å². The summed E-state index contributed by atoms with van der Waals surface area (Å²) in [5, 5.41) is 7.78. The average Bonchev–Trinajstić information content (AvgIpc) is 2.99. The molecule has 7 heteroatoms. The molecule has 0 spiro atoms. The molecule has 0 bridgehead atoms. The fourth-order valence-corrected chi connectivity index (χ4v) is 3.47. The highest BCUT2D eigenvalue weighted by atomic mass is 35.5. The molecular weight excluding hydrogens is 360 g/mol. The number of fused-ring (bicyclic) bond motifs is 1. The van der Waals surface area contributed by atoms with E-state index < -0.39 is 17.6 Å². The Hall–Kier alpha value is -2.73. The lowest BCUT2D eigenvalue weighted by Crippen LogP contribution is -2.24. The molecule has 2 heterocycles. The molecule has 0 fully saturated rings. The van der Waals surface area contributed by atoms with Gasteiger partial charge in [-0.05, 0) is 42.3 Å². The lowest BCUT2D eigenvalue weighted by molar-refractivity contribution is -0.116. The number of carbonyl (C=O) groups is 1. The minimum atomic E-state index is -0.675. The molecule has 1 amide bonds. The van der Waals surface area contributed by atoms with Crippen molar-refractivity contribution in [3.8, 4) is 5.69 Å². The van der Waals surface area contributed by atoms with Crippen LogP contribution < -0.4 is 5.32 Å². The summed E-state index contributed by atoms with van der Waals surface area (Å²) in [6.07, 6.45) is 1.71. The van der Waals surface area contributed by atoms with Crippen molar-refractivity contribution in [3.63, 3.8) is 0 Å². The minimum Gasteiger partial charge on any atom is -0.310 e. The largest absolute Gasteiger partial charge is 0.310 e. The van der Waals surface area contributed by atoms with Crippen LogP contribution >= 0.6 is 11.6 Å². The first kappa shape index (κ1) is 16.7. The number of amides is 1. The molecule has 1 N–H and O–H groups in total. The molecule has 0 saturated heterocycles. The third kappa shape index (κ3) is 2.76. The monoisotopic (exact) mass is 373 g/mol. The van der Waals surface area contributed by atoms with Gasteiger partial charge in [-0.15, -0.1) is 0 Å². The van der Waals surface area contributed by atoms with Crippen LogP contribution in [0.15, 0.2) is 42.6 Å². The lowest BCUT2D eigenvalue weighted by Gasteiger charge is -2.24. The minimum absolute atomic E-state index is 0.0934. The predicted molar refractivity (Wildman–Crippen MR) is 94.8 cm³/mol. The number of carbonyl (C=O) groups excluding carboxylic acids is 1. The van der Waals surface area contributed by atoms with E-state index in [0.29, 0.717) is 22.0 Å². The van der Waals surface area contributed by atoms with Crippen molar-refractivity contribution in [1.82, 2.24) is 9.78 Å². The van der Waals surface area contributed by atoms with Gasteiger partial charge in [0.25, 0.3) is 0 Å². The van der Waals surface area contributed by atoms with Gasteiger partial charge in [0.1, 0.15) is 17.5 Å². The second-order valence-corrected chi connectivity index (χ2v) is 6.66. The van der Waals surface area contributed by atoms with Crippen molar-refractivity contribution in [3.05, 3.63) is 75.9 Å². The predicted octanol–water partition coefficient (Wildman–Crippen LogP) is 4.59. The van der Waals surface area contributed by atoms with E-state index in [1.54, 1.807) is 23.0 Å². The number of hydrogen-bond donors (Lipinski definition) is 1. The number of hydrogen-bond acceptors (Lipinski definition) is 2. The quantitative estimate of drug-likeness (QED) is 0.714. The molecule has 3 aromatic rings.